The van der Waals surface area contributed by atoms with Crippen molar-refractivity contribution in [2.75, 3.05) is 52.3 Å². The van der Waals surface area contributed by atoms with Crippen molar-refractivity contribution < 1.29 is 38.7 Å². The number of nitrogens with two attached hydrogens (primary N) is 2. The molecule has 2 atom stereocenters. The number of rotatable bonds is 12. The van der Waals surface area contributed by atoms with Crippen molar-refractivity contribution in [3.63, 3.8) is 0 Å². The van der Waals surface area contributed by atoms with Crippen LogP contribution in [0.5, 0.6) is 23.0 Å². The molecule has 0 aliphatic carbocycles. The molecule has 0 bridgehead atoms. The van der Waals surface area contributed by atoms with E-state index >= 15 is 0 Å². The minimum atomic E-state index is -1.17. The molecule has 36 heavy (non-hydrogen) atoms. The van der Waals surface area contributed by atoms with Gasteiger partial charge in [0.2, 0.25) is 17.6 Å². The number of carbonyl (C=O) groups is 2. The van der Waals surface area contributed by atoms with Crippen molar-refractivity contribution in [3.8, 4) is 23.0 Å². The molecule has 2 amide bonds. The molecule has 196 valence electrons. The lowest BCUT2D eigenvalue weighted by atomic mass is 10.1. The van der Waals surface area contributed by atoms with Gasteiger partial charge in [0.05, 0.1) is 53.0 Å². The van der Waals surface area contributed by atoms with Gasteiger partial charge in [-0.05, 0) is 35.4 Å². The molecule has 0 aliphatic heterocycles. The maximum absolute atomic E-state index is 12.3. The fraction of sp³-hybridized carbons (Fsp3) is 0.333. The van der Waals surface area contributed by atoms with Gasteiger partial charge in [0, 0.05) is 0 Å². The van der Waals surface area contributed by atoms with Crippen LogP contribution in [0, 0.1) is 0 Å². The molecule has 2 aromatic carbocycles. The van der Waals surface area contributed by atoms with Gasteiger partial charge in [-0.15, -0.1) is 0 Å². The van der Waals surface area contributed by atoms with E-state index in [0.717, 1.165) is 0 Å². The molecule has 0 aliphatic rings. The Labute approximate surface area is 208 Å². The van der Waals surface area contributed by atoms with Crippen molar-refractivity contribution in [2.45, 2.75) is 12.1 Å². The number of methoxy groups -OCH3 is 4. The van der Waals surface area contributed by atoms with E-state index in [2.05, 4.69) is 10.6 Å². The number of carbonyl (C=O) groups excluding carboxylic acids is 2. The molecule has 2 rings (SSSR count). The standard InChI is InChI=1S/C24H32N4O8/c1-33-19-9-14(10-20(34-2)22(19)36-4)6-5-13-7-17(27-23(31)15(25)11-29)21(35-3)18(8-13)28-24(32)16(26)12-30/h5-10,15-16,29-30H,11-12,25-26H2,1-4H3,(H,27,31)(H,28,32)/b6-5+. The second kappa shape index (κ2) is 13.3. The van der Waals surface area contributed by atoms with Gasteiger partial charge < -0.3 is 51.3 Å². The largest absolute Gasteiger partial charge is 0.493 e. The minimum Gasteiger partial charge on any atom is -0.493 e. The van der Waals surface area contributed by atoms with Crippen molar-refractivity contribution >= 4 is 35.3 Å². The van der Waals surface area contributed by atoms with Gasteiger partial charge in [0.25, 0.3) is 0 Å². The van der Waals surface area contributed by atoms with Gasteiger partial charge in [-0.3, -0.25) is 9.59 Å². The number of aliphatic hydroxyl groups is 2. The van der Waals surface area contributed by atoms with Crippen LogP contribution in [0.4, 0.5) is 11.4 Å². The van der Waals surface area contributed by atoms with Crippen LogP contribution in [0.2, 0.25) is 0 Å². The van der Waals surface area contributed by atoms with E-state index in [1.165, 1.54) is 28.4 Å². The molecule has 0 aromatic heterocycles. The summed E-state index contributed by atoms with van der Waals surface area (Å²) in [5, 5.41) is 23.6. The lowest BCUT2D eigenvalue weighted by molar-refractivity contribution is -0.118. The Kier molecular flexibility index (Phi) is 10.5. The summed E-state index contributed by atoms with van der Waals surface area (Å²) in [6, 6.07) is 4.33. The van der Waals surface area contributed by atoms with Crippen LogP contribution < -0.4 is 41.0 Å². The van der Waals surface area contributed by atoms with Crippen LogP contribution in [0.25, 0.3) is 12.2 Å². The quantitative estimate of drug-likeness (QED) is 0.221. The van der Waals surface area contributed by atoms with E-state index in [1.807, 2.05) is 0 Å². The Morgan fingerprint density at radius 3 is 1.47 bits per heavy atom. The minimum absolute atomic E-state index is 0.122. The fourth-order valence-corrected chi connectivity index (χ4v) is 3.16. The van der Waals surface area contributed by atoms with Gasteiger partial charge >= 0.3 is 0 Å². The van der Waals surface area contributed by atoms with Gasteiger partial charge in [-0.25, -0.2) is 0 Å². The van der Waals surface area contributed by atoms with Gasteiger partial charge in [-0.2, -0.15) is 0 Å². The van der Waals surface area contributed by atoms with E-state index in [4.69, 9.17) is 30.4 Å². The molecule has 0 spiro atoms. The van der Waals surface area contributed by atoms with E-state index in [-0.39, 0.29) is 17.1 Å². The number of amides is 2. The number of anilines is 2. The first-order valence-electron chi connectivity index (χ1n) is 10.8. The number of hydrogen-bond donors (Lipinski definition) is 6. The van der Waals surface area contributed by atoms with Gasteiger partial charge in [0.15, 0.2) is 17.2 Å². The SMILES string of the molecule is COc1cc(/C=C/c2cc(NC(=O)C(N)CO)c(OC)c(NC(=O)C(N)CO)c2)cc(OC)c1OC. The zero-order valence-electron chi connectivity index (χ0n) is 20.5. The molecule has 12 heteroatoms. The smallest absolute Gasteiger partial charge is 0.243 e. The first-order chi connectivity index (χ1) is 17.2. The lowest BCUT2D eigenvalue weighted by Crippen LogP contribution is -2.39. The molecule has 0 heterocycles. The average Bonchev–Trinajstić information content (AvgIpc) is 2.89. The molecule has 0 fully saturated rings. The van der Waals surface area contributed by atoms with Crippen molar-refractivity contribution in [3.05, 3.63) is 35.4 Å². The summed E-state index contributed by atoms with van der Waals surface area (Å²) in [6.45, 7) is -1.13. The van der Waals surface area contributed by atoms with Gasteiger partial charge in [-0.1, -0.05) is 12.2 Å². The highest BCUT2D eigenvalue weighted by atomic mass is 16.5. The molecule has 2 aromatic rings. The van der Waals surface area contributed by atoms with Crippen LogP contribution in [-0.4, -0.2) is 75.8 Å². The summed E-state index contributed by atoms with van der Waals surface area (Å²) < 4.78 is 21.5. The van der Waals surface area contributed by atoms with E-state index < -0.39 is 37.1 Å². The highest BCUT2D eigenvalue weighted by Gasteiger charge is 2.20. The summed E-state index contributed by atoms with van der Waals surface area (Å²) in [7, 11) is 5.87. The van der Waals surface area contributed by atoms with Crippen molar-refractivity contribution in [1.29, 1.82) is 0 Å². The Bertz CT molecular complexity index is 1040. The summed E-state index contributed by atoms with van der Waals surface area (Å²) in [5.41, 5.74) is 12.9. The highest BCUT2D eigenvalue weighted by Crippen LogP contribution is 2.39. The third-order valence-corrected chi connectivity index (χ3v) is 5.05. The number of ether oxygens (including phenoxy) is 4. The summed E-state index contributed by atoms with van der Waals surface area (Å²) in [4.78, 5) is 24.7. The highest BCUT2D eigenvalue weighted by molar-refractivity contribution is 6.01. The van der Waals surface area contributed by atoms with E-state index in [9.17, 15) is 19.8 Å². The third kappa shape index (κ3) is 6.86. The topological polar surface area (TPSA) is 188 Å². The zero-order valence-corrected chi connectivity index (χ0v) is 20.5. The number of nitrogens with one attached hydrogen (secondary N) is 2. The second-order valence-electron chi connectivity index (χ2n) is 7.50. The first-order valence-corrected chi connectivity index (χ1v) is 10.8. The molecular weight excluding hydrogens is 472 g/mol. The molecule has 0 saturated carbocycles. The zero-order chi connectivity index (χ0) is 26.8. The average molecular weight is 505 g/mol. The van der Waals surface area contributed by atoms with Crippen LogP contribution in [-0.2, 0) is 9.59 Å². The lowest BCUT2D eigenvalue weighted by Gasteiger charge is -2.18. The number of hydrogen-bond acceptors (Lipinski definition) is 10. The molecule has 12 nitrogen and oxygen atoms in total. The maximum atomic E-state index is 12.3. The summed E-state index contributed by atoms with van der Waals surface area (Å²) in [6.07, 6.45) is 3.46. The molecule has 0 radical (unpaired) electrons. The summed E-state index contributed by atoms with van der Waals surface area (Å²) in [5.74, 6) is 0.164. The summed E-state index contributed by atoms with van der Waals surface area (Å²) >= 11 is 0. The predicted molar refractivity (Wildman–Crippen MR) is 135 cm³/mol. The first kappa shape index (κ1) is 28.4. The maximum Gasteiger partial charge on any atom is 0.243 e. The van der Waals surface area contributed by atoms with Crippen molar-refractivity contribution in [2.24, 2.45) is 11.5 Å². The normalized spacial score (nSPS) is 12.6. The molecular formula is C24H32N4O8. The Hall–Kier alpha value is -3.84. The predicted octanol–water partition coefficient (Wildman–Crippen LogP) is 0.408. The molecule has 2 unspecified atom stereocenters. The Morgan fingerprint density at radius 2 is 1.14 bits per heavy atom. The van der Waals surface area contributed by atoms with Crippen LogP contribution >= 0.6 is 0 Å². The second-order valence-corrected chi connectivity index (χ2v) is 7.50. The number of aliphatic hydroxyl groups excluding tert-OH is 2. The fourth-order valence-electron chi connectivity index (χ4n) is 3.16. The van der Waals surface area contributed by atoms with E-state index in [1.54, 1.807) is 36.4 Å². The van der Waals surface area contributed by atoms with Gasteiger partial charge in [0.1, 0.15) is 12.1 Å². The van der Waals surface area contributed by atoms with Crippen LogP contribution in [0.1, 0.15) is 11.1 Å². The molecule has 8 N–H and O–H groups in total. The van der Waals surface area contributed by atoms with E-state index in [0.29, 0.717) is 28.4 Å². The Balaban J connectivity index is 2.56. The van der Waals surface area contributed by atoms with Crippen LogP contribution in [0.15, 0.2) is 24.3 Å². The van der Waals surface area contributed by atoms with Crippen molar-refractivity contribution in [1.82, 2.24) is 0 Å². The molecule has 0 saturated heterocycles. The number of benzene rings is 2. The van der Waals surface area contributed by atoms with Crippen LogP contribution in [0.3, 0.4) is 0 Å². The monoisotopic (exact) mass is 504 g/mol. The third-order valence-electron chi connectivity index (χ3n) is 5.05. The Morgan fingerprint density at radius 1 is 0.750 bits per heavy atom.